The topological polar surface area (TPSA) is 64.3 Å². The molecule has 2 unspecified atom stereocenters. The third-order valence-electron chi connectivity index (χ3n) is 4.43. The van der Waals surface area contributed by atoms with Gasteiger partial charge in [0.2, 0.25) is 0 Å². The van der Waals surface area contributed by atoms with E-state index in [9.17, 15) is 9.90 Å². The monoisotopic (exact) mass is 306 g/mol. The lowest BCUT2D eigenvalue weighted by Gasteiger charge is -2.16. The van der Waals surface area contributed by atoms with Crippen LogP contribution in [-0.2, 0) is 11.3 Å². The molecular weight excluding hydrogens is 288 g/mol. The maximum Gasteiger partial charge on any atom is 0.308 e. The summed E-state index contributed by atoms with van der Waals surface area (Å²) in [7, 11) is 0. The molecular formula is C19H18N2O2. The molecule has 0 saturated carbocycles. The van der Waals surface area contributed by atoms with Gasteiger partial charge in [0, 0.05) is 25.6 Å². The number of likely N-dealkylation sites (tertiary alicyclic amines) is 1. The summed E-state index contributed by atoms with van der Waals surface area (Å²) in [5.41, 5.74) is 2.78. The van der Waals surface area contributed by atoms with Crippen molar-refractivity contribution in [3.63, 3.8) is 0 Å². The first kappa shape index (κ1) is 15.3. The van der Waals surface area contributed by atoms with Crippen molar-refractivity contribution in [3.8, 4) is 6.07 Å². The first-order valence-corrected chi connectivity index (χ1v) is 7.66. The number of rotatable bonds is 4. The Bertz CT molecular complexity index is 719. The second-order valence-electron chi connectivity index (χ2n) is 5.96. The molecule has 1 fully saturated rings. The molecule has 0 aromatic heterocycles. The highest BCUT2D eigenvalue weighted by Gasteiger charge is 2.38. The number of hydrogen-bond donors (Lipinski definition) is 1. The molecule has 4 heteroatoms. The zero-order valence-electron chi connectivity index (χ0n) is 12.7. The average Bonchev–Trinajstić information content (AvgIpc) is 3.00. The molecule has 1 aliphatic heterocycles. The molecule has 4 nitrogen and oxygen atoms in total. The molecule has 2 aromatic carbocycles. The van der Waals surface area contributed by atoms with E-state index in [-0.39, 0.29) is 5.92 Å². The van der Waals surface area contributed by atoms with E-state index in [4.69, 9.17) is 5.26 Å². The van der Waals surface area contributed by atoms with Gasteiger partial charge in [-0.2, -0.15) is 5.26 Å². The van der Waals surface area contributed by atoms with Gasteiger partial charge in [-0.1, -0.05) is 42.5 Å². The lowest BCUT2D eigenvalue weighted by atomic mass is 9.89. The van der Waals surface area contributed by atoms with Gasteiger partial charge >= 0.3 is 5.97 Å². The fraction of sp³-hybridized carbons (Fsp3) is 0.263. The van der Waals surface area contributed by atoms with Crippen molar-refractivity contribution in [2.75, 3.05) is 13.1 Å². The number of nitriles is 1. The quantitative estimate of drug-likeness (QED) is 0.943. The molecule has 116 valence electrons. The van der Waals surface area contributed by atoms with Gasteiger partial charge in [-0.15, -0.1) is 0 Å². The van der Waals surface area contributed by atoms with Gasteiger partial charge in [0.1, 0.15) is 0 Å². The summed E-state index contributed by atoms with van der Waals surface area (Å²) >= 11 is 0. The first-order valence-electron chi connectivity index (χ1n) is 7.66. The van der Waals surface area contributed by atoms with Gasteiger partial charge < -0.3 is 5.11 Å². The van der Waals surface area contributed by atoms with Crippen LogP contribution in [0, 0.1) is 17.2 Å². The fourth-order valence-corrected chi connectivity index (χ4v) is 3.25. The van der Waals surface area contributed by atoms with E-state index in [1.54, 1.807) is 12.1 Å². The fourth-order valence-electron chi connectivity index (χ4n) is 3.25. The third-order valence-corrected chi connectivity index (χ3v) is 4.43. The van der Waals surface area contributed by atoms with Gasteiger partial charge in [0.05, 0.1) is 17.6 Å². The van der Waals surface area contributed by atoms with Gasteiger partial charge in [-0.25, -0.2) is 0 Å². The van der Waals surface area contributed by atoms with Crippen LogP contribution in [0.1, 0.15) is 22.6 Å². The Labute approximate surface area is 135 Å². The standard InChI is InChI=1S/C19H18N2O2/c20-10-14-6-8-16(9-7-14)17-12-21(13-18(17)19(22)23)11-15-4-2-1-3-5-15/h1-9,17-18H,11-13H2,(H,22,23). The van der Waals surface area contributed by atoms with Crippen LogP contribution in [0.2, 0.25) is 0 Å². The van der Waals surface area contributed by atoms with Crippen molar-refractivity contribution >= 4 is 5.97 Å². The predicted octanol–water partition coefficient (Wildman–Crippen LogP) is 2.86. The average molecular weight is 306 g/mol. The summed E-state index contributed by atoms with van der Waals surface area (Å²) < 4.78 is 0. The number of hydrogen-bond acceptors (Lipinski definition) is 3. The van der Waals surface area contributed by atoms with Crippen LogP contribution < -0.4 is 0 Å². The first-order chi connectivity index (χ1) is 11.2. The maximum absolute atomic E-state index is 11.6. The molecule has 0 aliphatic carbocycles. The van der Waals surface area contributed by atoms with Crippen LogP contribution in [0.5, 0.6) is 0 Å². The van der Waals surface area contributed by atoms with Gasteiger partial charge in [-0.3, -0.25) is 9.69 Å². The number of benzene rings is 2. The number of aliphatic carboxylic acids is 1. The van der Waals surface area contributed by atoms with Crippen LogP contribution in [0.4, 0.5) is 0 Å². The van der Waals surface area contributed by atoms with E-state index < -0.39 is 11.9 Å². The molecule has 0 spiro atoms. The molecule has 0 radical (unpaired) electrons. The Morgan fingerprint density at radius 2 is 1.83 bits per heavy atom. The number of carbonyl (C=O) groups is 1. The zero-order valence-corrected chi connectivity index (χ0v) is 12.7. The van der Waals surface area contributed by atoms with Crippen LogP contribution in [-0.4, -0.2) is 29.1 Å². The summed E-state index contributed by atoms with van der Waals surface area (Å²) in [4.78, 5) is 13.8. The highest BCUT2D eigenvalue weighted by atomic mass is 16.4. The normalized spacial score (nSPS) is 21.0. The van der Waals surface area contributed by atoms with Crippen LogP contribution in [0.15, 0.2) is 54.6 Å². The van der Waals surface area contributed by atoms with Crippen LogP contribution in [0.25, 0.3) is 0 Å². The van der Waals surface area contributed by atoms with Crippen molar-refractivity contribution in [3.05, 3.63) is 71.3 Å². The predicted molar refractivity (Wildman–Crippen MR) is 86.7 cm³/mol. The molecule has 0 amide bonds. The molecule has 1 saturated heterocycles. The highest BCUT2D eigenvalue weighted by Crippen LogP contribution is 2.33. The number of carboxylic acid groups (broad SMARTS) is 1. The van der Waals surface area contributed by atoms with E-state index in [1.807, 2.05) is 30.3 Å². The van der Waals surface area contributed by atoms with Gasteiger partial charge in [0.25, 0.3) is 0 Å². The van der Waals surface area contributed by atoms with Crippen LogP contribution in [0.3, 0.4) is 0 Å². The van der Waals surface area contributed by atoms with Crippen molar-refractivity contribution in [2.24, 2.45) is 5.92 Å². The Balaban J connectivity index is 1.78. The molecule has 3 rings (SSSR count). The number of carboxylic acids is 1. The minimum Gasteiger partial charge on any atom is -0.481 e. The van der Waals surface area contributed by atoms with Crippen LogP contribution >= 0.6 is 0 Å². The zero-order chi connectivity index (χ0) is 16.2. The molecule has 23 heavy (non-hydrogen) atoms. The number of nitrogens with zero attached hydrogens (tertiary/aromatic N) is 2. The largest absolute Gasteiger partial charge is 0.481 e. The second-order valence-corrected chi connectivity index (χ2v) is 5.96. The van der Waals surface area contributed by atoms with E-state index in [1.165, 1.54) is 5.56 Å². The highest BCUT2D eigenvalue weighted by molar-refractivity contribution is 5.72. The second kappa shape index (κ2) is 6.64. The summed E-state index contributed by atoms with van der Waals surface area (Å²) in [5, 5.41) is 18.4. The van der Waals surface area contributed by atoms with E-state index in [0.29, 0.717) is 12.1 Å². The Morgan fingerprint density at radius 1 is 1.13 bits per heavy atom. The summed E-state index contributed by atoms with van der Waals surface area (Å²) in [5.74, 6) is -1.20. The minimum absolute atomic E-state index is 0.0380. The van der Waals surface area contributed by atoms with Gasteiger partial charge in [-0.05, 0) is 23.3 Å². The molecule has 2 aromatic rings. The van der Waals surface area contributed by atoms with E-state index >= 15 is 0 Å². The molecule has 0 bridgehead atoms. The maximum atomic E-state index is 11.6. The summed E-state index contributed by atoms with van der Waals surface area (Å²) in [6.07, 6.45) is 0. The Kier molecular flexibility index (Phi) is 4.40. The van der Waals surface area contributed by atoms with Crippen molar-refractivity contribution < 1.29 is 9.90 Å². The SMILES string of the molecule is N#Cc1ccc(C2CN(Cc3ccccc3)CC2C(=O)O)cc1. The summed E-state index contributed by atoms with van der Waals surface area (Å²) in [6, 6.07) is 19.5. The summed E-state index contributed by atoms with van der Waals surface area (Å²) in [6.45, 7) is 2.03. The van der Waals surface area contributed by atoms with Gasteiger partial charge in [0.15, 0.2) is 0 Å². The van der Waals surface area contributed by atoms with Crippen molar-refractivity contribution in [2.45, 2.75) is 12.5 Å². The molecule has 1 aliphatic rings. The van der Waals surface area contributed by atoms with Crippen molar-refractivity contribution in [1.82, 2.24) is 4.90 Å². The Morgan fingerprint density at radius 3 is 2.43 bits per heavy atom. The molecule has 1 N–H and O–H groups in total. The lowest BCUT2D eigenvalue weighted by molar-refractivity contribution is -0.141. The van der Waals surface area contributed by atoms with Crippen molar-refractivity contribution in [1.29, 1.82) is 5.26 Å². The lowest BCUT2D eigenvalue weighted by Crippen LogP contribution is -2.23. The molecule has 1 heterocycles. The minimum atomic E-state index is -0.755. The Hall–Kier alpha value is -2.64. The third kappa shape index (κ3) is 3.41. The van der Waals surface area contributed by atoms with E-state index in [0.717, 1.165) is 18.7 Å². The molecule has 2 atom stereocenters. The smallest absolute Gasteiger partial charge is 0.308 e. The van der Waals surface area contributed by atoms with E-state index in [2.05, 4.69) is 23.1 Å².